The number of ether oxygens (including phenoxy) is 9. The van der Waals surface area contributed by atoms with Crippen LogP contribution in [0.3, 0.4) is 0 Å². The van der Waals surface area contributed by atoms with Crippen LogP contribution in [0.4, 0.5) is 4.39 Å². The molecular formula is C75H96ClFN20O18S4. The molecule has 8 fully saturated rings. The molecule has 8 aromatic rings. The van der Waals surface area contributed by atoms with E-state index in [4.69, 9.17) is 54.2 Å². The average molecular weight is 1750 g/mol. The maximum Gasteiger partial charge on any atom is 0.165 e. The number of nitrogens with one attached hydrogen (secondary N) is 4. The maximum atomic E-state index is 13.6. The molecule has 119 heavy (non-hydrogen) atoms. The van der Waals surface area contributed by atoms with Crippen LogP contribution >= 0.6 is 58.6 Å². The van der Waals surface area contributed by atoms with Crippen LogP contribution in [0, 0.1) is 5.82 Å². The molecule has 0 spiro atoms. The summed E-state index contributed by atoms with van der Waals surface area (Å²) in [4.78, 5) is 17.3. The zero-order valence-electron chi connectivity index (χ0n) is 65.4. The average Bonchev–Trinajstić information content (AvgIpc) is 1.67. The molecule has 8 aliphatic rings. The van der Waals surface area contributed by atoms with Crippen molar-refractivity contribution in [2.24, 2.45) is 20.0 Å². The lowest BCUT2D eigenvalue weighted by atomic mass is 9.98. The number of aliphatic imine (C=N–C) groups is 4. The number of hydrogen-bond donors (Lipinski definition) is 13. The molecule has 12 heterocycles. The molecule has 0 saturated carbocycles. The Kier molecular flexibility index (Phi) is 31.0. The van der Waals surface area contributed by atoms with Gasteiger partial charge >= 0.3 is 0 Å². The Morgan fingerprint density at radius 3 is 1.03 bits per heavy atom. The number of methoxy groups -OCH3 is 1. The molecule has 4 aromatic heterocycles. The second kappa shape index (κ2) is 41.8. The van der Waals surface area contributed by atoms with Crippen molar-refractivity contribution in [3.8, 4) is 28.7 Å². The Hall–Kier alpha value is -8.58. The number of halogens is 2. The fraction of sp³-hybridized carbons (Fsp3) is 0.520. The van der Waals surface area contributed by atoms with Crippen molar-refractivity contribution in [2.45, 2.75) is 212 Å². The van der Waals surface area contributed by atoms with Gasteiger partial charge in [0.25, 0.3) is 0 Å². The fourth-order valence-corrected chi connectivity index (χ4v) is 18.3. The lowest BCUT2D eigenvalue weighted by molar-refractivity contribution is -0.160. The second-order valence-electron chi connectivity index (χ2n) is 28.0. The summed E-state index contributed by atoms with van der Waals surface area (Å²) in [6.07, 6.45) is -4.41. The van der Waals surface area contributed by atoms with E-state index in [0.717, 1.165) is 15.9 Å². The summed E-state index contributed by atoms with van der Waals surface area (Å²) in [7, 11) is 1.59. The molecule has 642 valence electrons. The van der Waals surface area contributed by atoms with E-state index in [1.54, 1.807) is 101 Å². The molecule has 4 aromatic carbocycles. The van der Waals surface area contributed by atoms with Gasteiger partial charge in [0.2, 0.25) is 0 Å². The van der Waals surface area contributed by atoms with Gasteiger partial charge < -0.3 is 110 Å². The molecule has 0 amide bonds. The zero-order chi connectivity index (χ0) is 83.8. The van der Waals surface area contributed by atoms with Gasteiger partial charge in [0, 0.05) is 31.2 Å². The first-order chi connectivity index (χ1) is 57.6. The third kappa shape index (κ3) is 22.8. The molecule has 16 rings (SSSR count). The third-order valence-electron chi connectivity index (χ3n) is 19.5. The minimum Gasteiger partial charge on any atom is -0.493 e. The number of para-hydroxylation sites is 3. The Morgan fingerprint density at radius 1 is 0.420 bits per heavy atom. The van der Waals surface area contributed by atoms with E-state index in [9.17, 15) is 50.3 Å². The summed E-state index contributed by atoms with van der Waals surface area (Å²) in [5.74, 6) is 2.29. The van der Waals surface area contributed by atoms with Gasteiger partial charge in [-0.15, -0.1) is 20.4 Å². The van der Waals surface area contributed by atoms with E-state index in [1.165, 1.54) is 63.9 Å². The summed E-state index contributed by atoms with van der Waals surface area (Å²) >= 11 is 11.5. The number of aliphatic hydroxyl groups excluding tert-OH is 9. The molecule has 44 heteroatoms. The van der Waals surface area contributed by atoms with Crippen molar-refractivity contribution < 1.29 is 93.0 Å². The van der Waals surface area contributed by atoms with Gasteiger partial charge in [-0.25, -0.2) is 23.1 Å². The van der Waals surface area contributed by atoms with Crippen LogP contribution in [-0.2, 0) is 71.6 Å². The van der Waals surface area contributed by atoms with Crippen LogP contribution in [-0.4, -0.2) is 279 Å². The summed E-state index contributed by atoms with van der Waals surface area (Å²) in [6.45, 7) is 13.7. The highest BCUT2D eigenvalue weighted by Crippen LogP contribution is 2.39. The van der Waals surface area contributed by atoms with Gasteiger partial charge in [0.05, 0.1) is 88.3 Å². The molecule has 0 aliphatic carbocycles. The fourth-order valence-electron chi connectivity index (χ4n) is 13.4. The largest absolute Gasteiger partial charge is 0.493 e. The van der Waals surface area contributed by atoms with E-state index < -0.39 is 109 Å². The monoisotopic (exact) mass is 1750 g/mol. The summed E-state index contributed by atoms with van der Waals surface area (Å²) in [5, 5.41) is 142. The Balaban J connectivity index is 0.000000137. The maximum absolute atomic E-state index is 13.6. The first kappa shape index (κ1) is 88.2. The van der Waals surface area contributed by atoms with E-state index in [0.29, 0.717) is 87.3 Å². The van der Waals surface area contributed by atoms with Crippen molar-refractivity contribution in [2.75, 3.05) is 33.3 Å². The first-order valence-corrected chi connectivity index (χ1v) is 42.5. The number of benzene rings is 4. The minimum atomic E-state index is -1.09. The predicted molar refractivity (Wildman–Crippen MR) is 438 cm³/mol. The van der Waals surface area contributed by atoms with Gasteiger partial charge in [-0.05, 0) is 101 Å². The standard InChI is InChI=1S/C20H27N5O5S.C19H25N5O5S.C18H22ClN5O4S.C18H22FN5O4S/c1-3-21-20-22-16-18(28)17(27)15(30-19(16)31-20)9-25-8-13(23-24-25)10-29-14-6-4-12(5-7-14)11(2)26;1-3-20-19-21-15-17(26)16(25)14(29-18(15)30-19)9-24-8-11(22-23-24)10-28-13-7-5-4-6-12(13)27-2;1-2-20-18-21-14-16(26)15(25)13(28-17(14)29-18)8-24-7-11(22-23-24)9-27-12-5-3-10(19)4-6-12;1-2-20-18-21-14-16(26)15(25)13(28-17(14)29-18)8-24-7-10(22-23-24)9-27-12-6-4-3-5-11(12)19/h4-8,11,15-19,26-28H,3,9-10H2,1-2H3,(H,21,22);4-8,14-18,25-26H,3,9-10H2,1-2H3,(H,20,21);2*3-7,13-17,25-26H,2,8-9H2,1H3,(H,20,21)/t11?,15-,16-,17-,18-,19-;14-,15-,16-,17-,18-;2*13-,14-,15-,16-,17-/m1111/s1. The Morgan fingerprint density at radius 2 is 0.714 bits per heavy atom. The SMILES string of the molecule is CCN=C1N[C@@H]2[C@@H](O)[C@H](O)[C@@H](Cn3cc(COc4ccc(C(C)O)cc4)nn3)O[C@@H]2S1.CCN=C1N[C@@H]2[C@@H](O)[C@H](O)[C@@H](Cn3cc(COc4ccc(Cl)cc4)nn3)O[C@@H]2S1.CCN=C1N[C@@H]2[C@@H](O)[C@H](O)[C@@H](Cn3cc(COc4ccccc4F)nn3)O[C@@H]2S1.CCN=C1N[C@@H]2[C@@H](O)[C@H](O)[C@@H](Cn3cc(COc4ccccc4OC)nn3)O[C@@H]2S1. The lowest BCUT2D eigenvalue weighted by Gasteiger charge is -2.38. The summed E-state index contributed by atoms with van der Waals surface area (Å²) < 4.78 is 71.7. The van der Waals surface area contributed by atoms with Crippen molar-refractivity contribution in [1.82, 2.24) is 81.2 Å². The predicted octanol–water partition coefficient (Wildman–Crippen LogP) is 2.39. The number of amidine groups is 4. The summed E-state index contributed by atoms with van der Waals surface area (Å²) in [5.41, 5.74) is 1.88. The molecule has 21 atom stereocenters. The number of fused-ring (bicyclic) bond motifs is 4. The van der Waals surface area contributed by atoms with E-state index in [1.807, 2.05) is 64.1 Å². The highest BCUT2D eigenvalue weighted by Gasteiger charge is 2.53. The molecule has 1 unspecified atom stereocenters. The Bertz CT molecular complexity index is 4700. The van der Waals surface area contributed by atoms with E-state index in [2.05, 4.69) is 82.5 Å². The highest BCUT2D eigenvalue weighted by molar-refractivity contribution is 8.15. The van der Waals surface area contributed by atoms with Crippen molar-refractivity contribution in [1.29, 1.82) is 0 Å². The van der Waals surface area contributed by atoms with Crippen LogP contribution in [0.15, 0.2) is 142 Å². The van der Waals surface area contributed by atoms with Gasteiger partial charge in [0.15, 0.2) is 43.7 Å². The third-order valence-corrected chi connectivity index (χ3v) is 24.2. The number of aliphatic hydroxyl groups is 9. The molecule has 8 saturated heterocycles. The number of thioether (sulfide) groups is 4. The molecule has 0 radical (unpaired) electrons. The second-order valence-corrected chi connectivity index (χ2v) is 32.8. The number of rotatable bonds is 26. The van der Waals surface area contributed by atoms with Crippen molar-refractivity contribution in [3.05, 3.63) is 161 Å². The van der Waals surface area contributed by atoms with E-state index in [-0.39, 0.29) is 80.1 Å². The van der Waals surface area contributed by atoms with Gasteiger partial charge in [-0.2, -0.15) is 0 Å². The van der Waals surface area contributed by atoms with Gasteiger partial charge in [0.1, 0.15) is 156 Å². The molecule has 8 aliphatic heterocycles. The molecular weight excluding hydrogens is 1650 g/mol. The number of nitrogens with zero attached hydrogens (tertiary/aromatic N) is 16. The zero-order valence-corrected chi connectivity index (χ0v) is 69.4. The van der Waals surface area contributed by atoms with E-state index >= 15 is 0 Å². The molecule has 13 N–H and O–H groups in total. The first-order valence-electron chi connectivity index (χ1n) is 38.6. The van der Waals surface area contributed by atoms with Crippen LogP contribution in [0.5, 0.6) is 28.7 Å². The van der Waals surface area contributed by atoms with Gasteiger partial charge in [-0.1, -0.05) is 116 Å². The van der Waals surface area contributed by atoms with Gasteiger partial charge in [-0.3, -0.25) is 20.0 Å². The van der Waals surface area contributed by atoms with Crippen LogP contribution < -0.4 is 45.0 Å². The highest BCUT2D eigenvalue weighted by atomic mass is 35.5. The smallest absolute Gasteiger partial charge is 0.165 e. The van der Waals surface area contributed by atoms with Crippen molar-refractivity contribution in [3.63, 3.8) is 0 Å². The van der Waals surface area contributed by atoms with Crippen LogP contribution in [0.2, 0.25) is 5.02 Å². The number of hydrogen-bond acceptors (Lipinski definition) is 34. The van der Waals surface area contributed by atoms with Crippen molar-refractivity contribution >= 4 is 79.3 Å². The van der Waals surface area contributed by atoms with Crippen LogP contribution in [0.25, 0.3) is 0 Å². The minimum absolute atomic E-state index is 0.0545. The number of aromatic nitrogens is 12. The summed E-state index contributed by atoms with van der Waals surface area (Å²) in [6, 6.07) is 26.1. The molecule has 38 nitrogen and oxygen atoms in total. The quantitative estimate of drug-likeness (QED) is 0.0370. The Labute approximate surface area is 705 Å². The van der Waals surface area contributed by atoms with Crippen LogP contribution in [0.1, 0.15) is 69.1 Å². The lowest BCUT2D eigenvalue weighted by Crippen LogP contribution is -2.59. The topological polar surface area (TPSA) is 486 Å². The molecule has 0 bridgehead atoms. The normalized spacial score (nSPS) is 30.0.